The maximum Gasteiger partial charge on any atom is 0.128 e. The lowest BCUT2D eigenvalue weighted by Crippen LogP contribution is -1.93. The van der Waals surface area contributed by atoms with E-state index in [1.54, 1.807) is 12.4 Å². The summed E-state index contributed by atoms with van der Waals surface area (Å²) in [6, 6.07) is 1.82. The molecule has 0 saturated carbocycles. The molecule has 1 heterocycles. The predicted octanol–water partition coefficient (Wildman–Crippen LogP) is 1.61. The van der Waals surface area contributed by atoms with Gasteiger partial charge in [-0.15, -0.1) is 0 Å². The molecule has 0 N–H and O–H groups in total. The minimum atomic E-state index is 0.790. The normalized spacial score (nSPS) is 9.70. The van der Waals surface area contributed by atoms with Crippen LogP contribution in [0, 0.1) is 0 Å². The molecule has 0 aliphatic heterocycles. The highest BCUT2D eigenvalue weighted by Gasteiger charge is 1.91. The molecule has 0 bridgehead atoms. The molecule has 2 nitrogen and oxygen atoms in total. The highest BCUT2D eigenvalue weighted by molar-refractivity contribution is 7.80. The summed E-state index contributed by atoms with van der Waals surface area (Å²) in [6.45, 7) is 0. The van der Waals surface area contributed by atoms with Gasteiger partial charge in [0.25, 0.3) is 0 Å². The molecule has 1 radical (unpaired) electrons. The van der Waals surface area contributed by atoms with Crippen LogP contribution < -0.4 is 0 Å². The van der Waals surface area contributed by atoms with Gasteiger partial charge in [-0.05, 0) is 12.5 Å². The van der Waals surface area contributed by atoms with Crippen LogP contribution in [0.2, 0.25) is 0 Å². The minimum absolute atomic E-state index is 0.790. The van der Waals surface area contributed by atoms with Crippen molar-refractivity contribution < 1.29 is 0 Å². The zero-order chi connectivity index (χ0) is 7.23. The molecule has 0 amide bonds. The van der Waals surface area contributed by atoms with Gasteiger partial charge in [-0.2, -0.15) is 0 Å². The fourth-order valence-corrected chi connectivity index (χ4v) is 0.834. The molecule has 0 aromatic carbocycles. The van der Waals surface area contributed by atoms with E-state index < -0.39 is 0 Å². The Morgan fingerprint density at radius 1 is 1.30 bits per heavy atom. The molecule has 0 spiro atoms. The first-order chi connectivity index (χ1) is 4.93. The first-order valence-corrected chi connectivity index (χ1v) is 3.85. The van der Waals surface area contributed by atoms with Gasteiger partial charge in [0.15, 0.2) is 0 Å². The third-order valence-corrected chi connectivity index (χ3v) is 1.45. The van der Waals surface area contributed by atoms with Crippen molar-refractivity contribution in [2.45, 2.75) is 12.8 Å². The van der Waals surface area contributed by atoms with Crippen molar-refractivity contribution in [1.29, 1.82) is 0 Å². The molecular formula is C7H9N2S. The van der Waals surface area contributed by atoms with E-state index in [2.05, 4.69) is 9.97 Å². The van der Waals surface area contributed by atoms with Crippen molar-refractivity contribution in [1.82, 2.24) is 9.97 Å². The van der Waals surface area contributed by atoms with Crippen LogP contribution in [-0.2, 0) is 6.42 Å². The van der Waals surface area contributed by atoms with Gasteiger partial charge in [-0.1, -0.05) is 12.6 Å². The minimum Gasteiger partial charge on any atom is -0.241 e. The molecule has 0 aliphatic rings. The van der Waals surface area contributed by atoms with E-state index in [-0.39, 0.29) is 0 Å². The highest BCUT2D eigenvalue weighted by Crippen LogP contribution is 1.94. The number of rotatable bonds is 3. The van der Waals surface area contributed by atoms with Crippen LogP contribution in [0.5, 0.6) is 0 Å². The Labute approximate surface area is 66.1 Å². The van der Waals surface area contributed by atoms with E-state index in [0.717, 1.165) is 24.4 Å². The topological polar surface area (TPSA) is 25.8 Å². The fourth-order valence-electron chi connectivity index (χ4n) is 0.689. The van der Waals surface area contributed by atoms with Crippen LogP contribution in [0.1, 0.15) is 12.2 Å². The first kappa shape index (κ1) is 7.54. The van der Waals surface area contributed by atoms with Crippen molar-refractivity contribution in [2.24, 2.45) is 0 Å². The van der Waals surface area contributed by atoms with Crippen LogP contribution in [-0.4, -0.2) is 15.7 Å². The largest absolute Gasteiger partial charge is 0.241 e. The molecule has 0 fully saturated rings. The summed E-state index contributed by atoms with van der Waals surface area (Å²) < 4.78 is 0. The van der Waals surface area contributed by atoms with Crippen molar-refractivity contribution in [2.75, 3.05) is 5.75 Å². The van der Waals surface area contributed by atoms with Crippen molar-refractivity contribution in [3.05, 3.63) is 24.3 Å². The average molecular weight is 153 g/mol. The molecule has 0 unspecified atom stereocenters. The number of hydrogen-bond donors (Lipinski definition) is 0. The lowest BCUT2D eigenvalue weighted by atomic mass is 10.3. The average Bonchev–Trinajstić information content (AvgIpc) is 2.03. The summed E-state index contributed by atoms with van der Waals surface area (Å²) in [7, 11) is 0. The number of nitrogens with zero attached hydrogens (tertiary/aromatic N) is 2. The Bertz CT molecular complexity index is 176. The molecule has 3 heteroatoms. The van der Waals surface area contributed by atoms with Crippen molar-refractivity contribution in [3.63, 3.8) is 0 Å². The summed E-state index contributed by atoms with van der Waals surface area (Å²) in [5.41, 5.74) is 0. The molecule has 0 saturated heterocycles. The van der Waals surface area contributed by atoms with E-state index in [0.29, 0.717) is 0 Å². The Morgan fingerprint density at radius 2 is 2.00 bits per heavy atom. The van der Waals surface area contributed by atoms with Gasteiger partial charge in [0.1, 0.15) is 5.82 Å². The van der Waals surface area contributed by atoms with Crippen LogP contribution >= 0.6 is 12.6 Å². The third-order valence-electron chi connectivity index (χ3n) is 1.16. The summed E-state index contributed by atoms with van der Waals surface area (Å²) >= 11 is 4.80. The summed E-state index contributed by atoms with van der Waals surface area (Å²) in [6.07, 6.45) is 5.42. The highest BCUT2D eigenvalue weighted by atomic mass is 32.1. The second-order valence-corrected chi connectivity index (χ2v) is 2.38. The molecule has 1 rings (SSSR count). The molecule has 10 heavy (non-hydrogen) atoms. The molecule has 1 aromatic heterocycles. The van der Waals surface area contributed by atoms with E-state index >= 15 is 0 Å². The maximum absolute atomic E-state index is 4.80. The zero-order valence-corrected chi connectivity index (χ0v) is 6.47. The Morgan fingerprint density at radius 3 is 2.60 bits per heavy atom. The van der Waals surface area contributed by atoms with Gasteiger partial charge in [-0.3, -0.25) is 0 Å². The second-order valence-electron chi connectivity index (χ2n) is 1.97. The quantitative estimate of drug-likeness (QED) is 0.659. The summed E-state index contributed by atoms with van der Waals surface area (Å²) in [5, 5.41) is 0. The Balaban J connectivity index is 2.43. The van der Waals surface area contributed by atoms with Gasteiger partial charge >= 0.3 is 0 Å². The Kier molecular flexibility index (Phi) is 3.22. The van der Waals surface area contributed by atoms with Gasteiger partial charge in [0.05, 0.1) is 0 Å². The standard InChI is InChI=1S/C7H9N2S/c10-6-1-3-7-8-4-2-5-9-7/h2,4-5H,1,3,6H2. The van der Waals surface area contributed by atoms with Crippen LogP contribution in [0.4, 0.5) is 0 Å². The van der Waals surface area contributed by atoms with Crippen molar-refractivity contribution >= 4 is 12.6 Å². The summed E-state index contributed by atoms with van der Waals surface area (Å²) in [5.74, 6) is 1.69. The van der Waals surface area contributed by atoms with Gasteiger partial charge in [0, 0.05) is 24.6 Å². The van der Waals surface area contributed by atoms with E-state index in [1.807, 2.05) is 6.07 Å². The van der Waals surface area contributed by atoms with E-state index in [9.17, 15) is 0 Å². The maximum atomic E-state index is 4.80. The van der Waals surface area contributed by atoms with Gasteiger partial charge in [0.2, 0.25) is 0 Å². The Hall–Kier alpha value is -0.570. The summed E-state index contributed by atoms with van der Waals surface area (Å²) in [4.78, 5) is 8.12. The molecule has 0 atom stereocenters. The monoisotopic (exact) mass is 153 g/mol. The lowest BCUT2D eigenvalue weighted by Gasteiger charge is -1.93. The molecule has 1 aromatic rings. The fraction of sp³-hybridized carbons (Fsp3) is 0.429. The van der Waals surface area contributed by atoms with Gasteiger partial charge < -0.3 is 0 Å². The first-order valence-electron chi connectivity index (χ1n) is 3.27. The molecule has 0 aliphatic carbocycles. The predicted molar refractivity (Wildman–Crippen MR) is 42.8 cm³/mol. The van der Waals surface area contributed by atoms with Crippen LogP contribution in [0.15, 0.2) is 18.5 Å². The van der Waals surface area contributed by atoms with Crippen LogP contribution in [0.25, 0.3) is 0 Å². The van der Waals surface area contributed by atoms with Crippen LogP contribution in [0.3, 0.4) is 0 Å². The van der Waals surface area contributed by atoms with E-state index in [4.69, 9.17) is 12.6 Å². The SMILES string of the molecule is [S]CCCc1ncccn1. The smallest absolute Gasteiger partial charge is 0.128 e. The number of aryl methyl sites for hydroxylation is 1. The third kappa shape index (κ3) is 2.35. The molecule has 53 valence electrons. The van der Waals surface area contributed by atoms with Gasteiger partial charge in [-0.25, -0.2) is 9.97 Å². The zero-order valence-electron chi connectivity index (χ0n) is 5.66. The number of aromatic nitrogens is 2. The number of hydrogen-bond acceptors (Lipinski definition) is 2. The lowest BCUT2D eigenvalue weighted by molar-refractivity contribution is 0.843. The second kappa shape index (κ2) is 4.28. The van der Waals surface area contributed by atoms with Crippen molar-refractivity contribution in [3.8, 4) is 0 Å². The van der Waals surface area contributed by atoms with E-state index in [1.165, 1.54) is 0 Å². The molecular weight excluding hydrogens is 144 g/mol.